The lowest BCUT2D eigenvalue weighted by atomic mass is 10.2. The molecule has 0 aliphatic carbocycles. The van der Waals surface area contributed by atoms with Crippen LogP contribution in [0, 0.1) is 0 Å². The number of nitrogens with zero attached hydrogens (tertiary/aromatic N) is 5. The van der Waals surface area contributed by atoms with Crippen LogP contribution >= 0.6 is 11.3 Å². The summed E-state index contributed by atoms with van der Waals surface area (Å²) in [5.74, 6) is -0.0773. The number of piperazine rings is 1. The van der Waals surface area contributed by atoms with Crippen LogP contribution in [-0.4, -0.2) is 68.5 Å². The number of aryl methyl sites for hydroxylation is 1. The molecule has 0 bridgehead atoms. The molecule has 1 amide bonds. The second kappa shape index (κ2) is 6.55. The highest BCUT2D eigenvalue weighted by molar-refractivity contribution is 7.10. The Morgan fingerprint density at radius 2 is 2.18 bits per heavy atom. The first-order chi connectivity index (χ1) is 10.6. The standard InChI is InChI=1S/C14H19N5O2S/c1-17-9-11(15-16-17)14(21)19-6-4-18(5-7-19)10-12(20)13-3-2-8-22-13/h2-3,8-9,12,20H,4-7,10H2,1H3/t12-/m1/s1. The molecule has 0 saturated carbocycles. The van der Waals surface area contributed by atoms with Gasteiger partial charge in [-0.05, 0) is 11.4 Å². The fourth-order valence-corrected chi connectivity index (χ4v) is 3.26. The Labute approximate surface area is 132 Å². The number of hydrogen-bond acceptors (Lipinski definition) is 6. The first-order valence-corrected chi connectivity index (χ1v) is 8.11. The minimum absolute atomic E-state index is 0.0773. The van der Waals surface area contributed by atoms with Crippen LogP contribution in [-0.2, 0) is 7.05 Å². The highest BCUT2D eigenvalue weighted by Crippen LogP contribution is 2.20. The van der Waals surface area contributed by atoms with Crippen molar-refractivity contribution in [3.8, 4) is 0 Å². The molecule has 22 heavy (non-hydrogen) atoms. The molecule has 8 heteroatoms. The van der Waals surface area contributed by atoms with Gasteiger partial charge in [0.25, 0.3) is 5.91 Å². The van der Waals surface area contributed by atoms with Gasteiger partial charge in [-0.1, -0.05) is 11.3 Å². The third kappa shape index (κ3) is 3.34. The van der Waals surface area contributed by atoms with Crippen LogP contribution < -0.4 is 0 Å². The maximum Gasteiger partial charge on any atom is 0.276 e. The third-order valence-electron chi connectivity index (χ3n) is 3.78. The van der Waals surface area contributed by atoms with Crippen molar-refractivity contribution in [3.05, 3.63) is 34.3 Å². The van der Waals surface area contributed by atoms with Gasteiger partial charge in [0.15, 0.2) is 5.69 Å². The molecule has 7 nitrogen and oxygen atoms in total. The molecule has 1 saturated heterocycles. The molecule has 3 heterocycles. The van der Waals surface area contributed by atoms with Gasteiger partial charge in [0.1, 0.15) is 6.10 Å². The first-order valence-electron chi connectivity index (χ1n) is 7.23. The van der Waals surface area contributed by atoms with Gasteiger partial charge in [-0.25, -0.2) is 0 Å². The van der Waals surface area contributed by atoms with E-state index in [0.29, 0.717) is 25.3 Å². The number of carbonyl (C=O) groups is 1. The summed E-state index contributed by atoms with van der Waals surface area (Å²) >= 11 is 1.57. The van der Waals surface area contributed by atoms with Gasteiger partial charge in [0.05, 0.1) is 6.20 Å². The van der Waals surface area contributed by atoms with Crippen LogP contribution in [0.2, 0.25) is 0 Å². The first kappa shape index (κ1) is 15.1. The lowest BCUT2D eigenvalue weighted by Gasteiger charge is -2.35. The van der Waals surface area contributed by atoms with Crippen LogP contribution in [0.5, 0.6) is 0 Å². The van der Waals surface area contributed by atoms with E-state index in [4.69, 9.17) is 0 Å². The predicted octanol–water partition coefficient (Wildman–Crippen LogP) is 0.368. The van der Waals surface area contributed by atoms with Gasteiger partial charge in [0, 0.05) is 44.6 Å². The highest BCUT2D eigenvalue weighted by atomic mass is 32.1. The molecule has 1 atom stereocenters. The molecule has 3 rings (SSSR count). The Hall–Kier alpha value is -1.77. The minimum Gasteiger partial charge on any atom is -0.386 e. The fraction of sp³-hybridized carbons (Fsp3) is 0.500. The second-order valence-corrected chi connectivity index (χ2v) is 6.38. The Bertz CT molecular complexity index is 619. The lowest BCUT2D eigenvalue weighted by molar-refractivity contribution is 0.0528. The molecule has 1 aliphatic rings. The van der Waals surface area contributed by atoms with Gasteiger partial charge in [-0.2, -0.15) is 0 Å². The lowest BCUT2D eigenvalue weighted by Crippen LogP contribution is -2.49. The zero-order valence-electron chi connectivity index (χ0n) is 12.4. The van der Waals surface area contributed by atoms with E-state index in [-0.39, 0.29) is 5.91 Å². The van der Waals surface area contributed by atoms with Crippen molar-refractivity contribution >= 4 is 17.2 Å². The summed E-state index contributed by atoms with van der Waals surface area (Å²) in [5.41, 5.74) is 0.384. The van der Waals surface area contributed by atoms with Crippen molar-refractivity contribution in [2.24, 2.45) is 7.05 Å². The highest BCUT2D eigenvalue weighted by Gasteiger charge is 2.25. The van der Waals surface area contributed by atoms with Crippen molar-refractivity contribution in [3.63, 3.8) is 0 Å². The number of amides is 1. The Balaban J connectivity index is 1.51. The van der Waals surface area contributed by atoms with Crippen LogP contribution in [0.15, 0.2) is 23.7 Å². The summed E-state index contributed by atoms with van der Waals surface area (Å²) < 4.78 is 1.53. The average Bonchev–Trinajstić information content (AvgIpc) is 3.18. The van der Waals surface area contributed by atoms with Gasteiger partial charge >= 0.3 is 0 Å². The smallest absolute Gasteiger partial charge is 0.276 e. The molecule has 0 spiro atoms. The Morgan fingerprint density at radius 1 is 1.41 bits per heavy atom. The Kier molecular flexibility index (Phi) is 4.51. The van der Waals surface area contributed by atoms with Crippen molar-refractivity contribution in [1.82, 2.24) is 24.8 Å². The predicted molar refractivity (Wildman–Crippen MR) is 82.6 cm³/mol. The molecule has 2 aromatic heterocycles. The van der Waals surface area contributed by atoms with E-state index in [9.17, 15) is 9.90 Å². The molecule has 118 valence electrons. The molecular formula is C14H19N5O2S. The van der Waals surface area contributed by atoms with Crippen LogP contribution in [0.3, 0.4) is 0 Å². The largest absolute Gasteiger partial charge is 0.386 e. The van der Waals surface area contributed by atoms with E-state index >= 15 is 0 Å². The van der Waals surface area contributed by atoms with E-state index < -0.39 is 6.10 Å². The van der Waals surface area contributed by atoms with Gasteiger partial charge in [-0.15, -0.1) is 16.4 Å². The van der Waals surface area contributed by atoms with E-state index in [0.717, 1.165) is 18.0 Å². The molecule has 0 unspecified atom stereocenters. The van der Waals surface area contributed by atoms with Crippen molar-refractivity contribution in [2.75, 3.05) is 32.7 Å². The minimum atomic E-state index is -0.456. The summed E-state index contributed by atoms with van der Waals surface area (Å²) in [5, 5.41) is 19.8. The average molecular weight is 321 g/mol. The molecule has 1 fully saturated rings. The van der Waals surface area contributed by atoms with Gasteiger partial charge < -0.3 is 10.0 Å². The van der Waals surface area contributed by atoms with Gasteiger partial charge in [0.2, 0.25) is 0 Å². The van der Waals surface area contributed by atoms with Crippen molar-refractivity contribution in [2.45, 2.75) is 6.10 Å². The number of thiophene rings is 1. The van der Waals surface area contributed by atoms with Crippen molar-refractivity contribution in [1.29, 1.82) is 0 Å². The number of aromatic nitrogens is 3. The van der Waals surface area contributed by atoms with E-state index in [2.05, 4.69) is 15.2 Å². The quantitative estimate of drug-likeness (QED) is 0.880. The topological polar surface area (TPSA) is 74.5 Å². The normalized spacial score (nSPS) is 17.6. The number of aliphatic hydroxyl groups is 1. The summed E-state index contributed by atoms with van der Waals surface area (Å²) in [7, 11) is 1.74. The van der Waals surface area contributed by atoms with E-state index in [1.807, 2.05) is 17.5 Å². The number of aliphatic hydroxyl groups excluding tert-OH is 1. The van der Waals surface area contributed by atoms with E-state index in [1.165, 1.54) is 4.68 Å². The second-order valence-electron chi connectivity index (χ2n) is 5.40. The summed E-state index contributed by atoms with van der Waals surface area (Å²) in [6.45, 7) is 3.41. The van der Waals surface area contributed by atoms with Crippen LogP contribution in [0.4, 0.5) is 0 Å². The molecular weight excluding hydrogens is 302 g/mol. The molecule has 1 aliphatic heterocycles. The monoisotopic (exact) mass is 321 g/mol. The molecule has 0 aromatic carbocycles. The maximum atomic E-state index is 12.3. The fourth-order valence-electron chi connectivity index (χ4n) is 2.56. The zero-order chi connectivity index (χ0) is 15.5. The number of carbonyl (C=O) groups excluding carboxylic acids is 1. The number of rotatable bonds is 4. The zero-order valence-corrected chi connectivity index (χ0v) is 13.2. The third-order valence-corrected chi connectivity index (χ3v) is 4.76. The Morgan fingerprint density at radius 3 is 2.77 bits per heavy atom. The van der Waals surface area contributed by atoms with Crippen molar-refractivity contribution < 1.29 is 9.90 Å². The molecule has 2 aromatic rings. The molecule has 1 N–H and O–H groups in total. The summed E-state index contributed by atoms with van der Waals surface area (Å²) in [4.78, 5) is 17.2. The maximum absolute atomic E-state index is 12.3. The van der Waals surface area contributed by atoms with Crippen LogP contribution in [0.25, 0.3) is 0 Å². The SMILES string of the molecule is Cn1cc(C(=O)N2CCN(C[C@@H](O)c3cccs3)CC2)nn1. The molecule has 0 radical (unpaired) electrons. The summed E-state index contributed by atoms with van der Waals surface area (Å²) in [6.07, 6.45) is 1.18. The van der Waals surface area contributed by atoms with E-state index in [1.54, 1.807) is 29.5 Å². The van der Waals surface area contributed by atoms with Crippen LogP contribution in [0.1, 0.15) is 21.5 Å². The van der Waals surface area contributed by atoms with Gasteiger partial charge in [-0.3, -0.25) is 14.4 Å². The number of hydrogen-bond donors (Lipinski definition) is 1. The number of β-amino-alcohol motifs (C(OH)–C–C–N with tert-alkyl or cyclic N) is 1. The summed E-state index contributed by atoms with van der Waals surface area (Å²) in [6, 6.07) is 3.89.